The Morgan fingerprint density at radius 2 is 1.28 bits per heavy atom. The lowest BCUT2D eigenvalue weighted by Gasteiger charge is -2.47. The maximum atomic E-state index is 13.9. The molecule has 1 fully saturated rings. The predicted molar refractivity (Wildman–Crippen MR) is 178 cm³/mol. The zero-order chi connectivity index (χ0) is 31.9. The van der Waals surface area contributed by atoms with Crippen molar-refractivity contribution in [2.24, 2.45) is 10.8 Å². The van der Waals surface area contributed by atoms with Gasteiger partial charge in [0.15, 0.2) is 11.5 Å². The summed E-state index contributed by atoms with van der Waals surface area (Å²) in [6, 6.07) is 26.1. The van der Waals surface area contributed by atoms with Gasteiger partial charge in [0.25, 0.3) is 11.8 Å². The van der Waals surface area contributed by atoms with Crippen molar-refractivity contribution < 1.29 is 18.4 Å². The Bertz CT molecular complexity index is 2050. The monoisotopic (exact) mass is 612 g/mol. The summed E-state index contributed by atoms with van der Waals surface area (Å²) in [7, 11) is 0. The van der Waals surface area contributed by atoms with E-state index in [0.717, 1.165) is 41.1 Å². The molecule has 4 heterocycles. The van der Waals surface area contributed by atoms with Gasteiger partial charge in [-0.2, -0.15) is 0 Å². The summed E-state index contributed by atoms with van der Waals surface area (Å²) in [5.41, 5.74) is 3.51. The van der Waals surface area contributed by atoms with Crippen LogP contribution in [0.2, 0.25) is 0 Å². The number of pyridine rings is 2. The second kappa shape index (κ2) is 11.6. The van der Waals surface area contributed by atoms with Crippen molar-refractivity contribution in [3.63, 3.8) is 0 Å². The molecule has 8 nitrogen and oxygen atoms in total. The third kappa shape index (κ3) is 5.90. The molecule has 0 aliphatic heterocycles. The molecule has 1 aliphatic rings. The number of aromatic nitrogens is 2. The molecule has 2 atom stereocenters. The molecule has 6 aromatic rings. The Morgan fingerprint density at radius 1 is 0.739 bits per heavy atom. The van der Waals surface area contributed by atoms with E-state index >= 15 is 0 Å². The highest BCUT2D eigenvalue weighted by atomic mass is 16.3. The molecular formula is C38H36N4O4. The number of hydrogen-bond acceptors (Lipinski definition) is 6. The summed E-state index contributed by atoms with van der Waals surface area (Å²) < 4.78 is 11.2. The molecule has 1 saturated carbocycles. The first-order valence-electron chi connectivity index (χ1n) is 15.6. The van der Waals surface area contributed by atoms with Crippen LogP contribution in [0.3, 0.4) is 0 Å². The van der Waals surface area contributed by atoms with Gasteiger partial charge in [-0.05, 0) is 78.6 Å². The molecule has 232 valence electrons. The van der Waals surface area contributed by atoms with Crippen molar-refractivity contribution in [3.8, 4) is 22.9 Å². The van der Waals surface area contributed by atoms with Crippen LogP contribution in [-0.4, -0.2) is 34.4 Å². The minimum absolute atomic E-state index is 0.0505. The van der Waals surface area contributed by atoms with Gasteiger partial charge in [-0.1, -0.05) is 57.2 Å². The molecule has 4 aromatic heterocycles. The van der Waals surface area contributed by atoms with Crippen LogP contribution >= 0.6 is 0 Å². The van der Waals surface area contributed by atoms with Crippen molar-refractivity contribution in [1.29, 1.82) is 0 Å². The second-order valence-electron chi connectivity index (χ2n) is 13.5. The topological polar surface area (TPSA) is 110 Å². The van der Waals surface area contributed by atoms with Gasteiger partial charge >= 0.3 is 0 Å². The van der Waals surface area contributed by atoms with Gasteiger partial charge in [0.1, 0.15) is 11.4 Å². The molecule has 2 aromatic carbocycles. The largest absolute Gasteiger partial charge is 0.463 e. The fourth-order valence-corrected chi connectivity index (χ4v) is 7.35. The van der Waals surface area contributed by atoms with E-state index in [2.05, 4.69) is 31.4 Å². The maximum absolute atomic E-state index is 13.9. The molecule has 2 amide bonds. The molecule has 0 saturated heterocycles. The summed E-state index contributed by atoms with van der Waals surface area (Å²) in [5, 5.41) is 8.16. The van der Waals surface area contributed by atoms with Gasteiger partial charge < -0.3 is 19.5 Å². The van der Waals surface area contributed by atoms with Crippen molar-refractivity contribution in [2.45, 2.75) is 46.1 Å². The summed E-state index contributed by atoms with van der Waals surface area (Å²) in [6.45, 7) is 7.13. The van der Waals surface area contributed by atoms with E-state index in [1.165, 1.54) is 0 Å². The molecule has 0 spiro atoms. The number of carbonyl (C=O) groups excluding carboxylic acids is 2. The number of benzene rings is 2. The van der Waals surface area contributed by atoms with Crippen molar-refractivity contribution in [2.75, 3.05) is 6.54 Å². The highest BCUT2D eigenvalue weighted by Crippen LogP contribution is 2.46. The van der Waals surface area contributed by atoms with Gasteiger partial charge in [0.2, 0.25) is 0 Å². The average Bonchev–Trinajstić information content (AvgIpc) is 3.77. The molecule has 2 unspecified atom stereocenters. The normalized spacial score (nSPS) is 19.2. The van der Waals surface area contributed by atoms with E-state index < -0.39 is 0 Å². The van der Waals surface area contributed by atoms with E-state index in [1.54, 1.807) is 24.7 Å². The standard InChI is InChI=1S/C38H36N4O4/c1-37(2)20-24(40-36(44)28-19-32(34-15-9-17-46-34)42-30-13-7-5-11-26(28)30)21-38(3,22-37)23-39-35(43)27-18-31(33-14-8-16-45-33)41-29-12-6-4-10-25(27)29/h4-19,24H,20-23H2,1-3H3,(H,39,43)(H,40,44). The average molecular weight is 613 g/mol. The number of hydrogen-bond donors (Lipinski definition) is 2. The second-order valence-corrected chi connectivity index (χ2v) is 13.5. The SMILES string of the molecule is CC1(C)CC(NC(=O)c2cc(-c3ccco3)nc3ccccc23)CC(C)(CNC(=O)c2cc(-c3ccco3)nc3ccccc23)C1. The van der Waals surface area contributed by atoms with Crippen LogP contribution in [0.4, 0.5) is 0 Å². The van der Waals surface area contributed by atoms with Crippen LogP contribution in [0.1, 0.15) is 60.7 Å². The lowest BCUT2D eigenvalue weighted by atomic mass is 9.62. The minimum Gasteiger partial charge on any atom is -0.463 e. The number of furan rings is 2. The zero-order valence-corrected chi connectivity index (χ0v) is 26.2. The maximum Gasteiger partial charge on any atom is 0.252 e. The fraction of sp³-hybridized carbons (Fsp3) is 0.263. The van der Waals surface area contributed by atoms with Gasteiger partial charge in [-0.3, -0.25) is 9.59 Å². The van der Waals surface area contributed by atoms with Gasteiger partial charge in [0, 0.05) is 23.4 Å². The van der Waals surface area contributed by atoms with Crippen LogP contribution < -0.4 is 10.6 Å². The highest BCUT2D eigenvalue weighted by Gasteiger charge is 2.42. The first kappa shape index (κ1) is 29.5. The van der Waals surface area contributed by atoms with E-state index in [-0.39, 0.29) is 28.7 Å². The van der Waals surface area contributed by atoms with Crippen molar-refractivity contribution in [1.82, 2.24) is 20.6 Å². The van der Waals surface area contributed by atoms with Gasteiger partial charge in [-0.15, -0.1) is 0 Å². The van der Waals surface area contributed by atoms with Crippen LogP contribution in [0, 0.1) is 10.8 Å². The van der Waals surface area contributed by atoms with Crippen LogP contribution in [-0.2, 0) is 0 Å². The number of rotatable bonds is 7. The van der Waals surface area contributed by atoms with E-state index in [9.17, 15) is 9.59 Å². The molecule has 8 heteroatoms. The van der Waals surface area contributed by atoms with Crippen LogP contribution in [0.25, 0.3) is 44.7 Å². The van der Waals surface area contributed by atoms with Gasteiger partial charge in [-0.25, -0.2) is 9.97 Å². The van der Waals surface area contributed by atoms with Crippen molar-refractivity contribution in [3.05, 3.63) is 109 Å². The molecule has 46 heavy (non-hydrogen) atoms. The summed E-state index contributed by atoms with van der Waals surface area (Å²) >= 11 is 0. The molecule has 2 N–H and O–H groups in total. The van der Waals surface area contributed by atoms with Gasteiger partial charge in [0.05, 0.1) is 34.7 Å². The number of fused-ring (bicyclic) bond motifs is 2. The number of carbonyl (C=O) groups is 2. The third-order valence-electron chi connectivity index (χ3n) is 8.92. The smallest absolute Gasteiger partial charge is 0.252 e. The molecule has 0 radical (unpaired) electrons. The fourth-order valence-electron chi connectivity index (χ4n) is 7.35. The lowest BCUT2D eigenvalue weighted by Crippen LogP contribution is -2.50. The molecule has 0 bridgehead atoms. The third-order valence-corrected chi connectivity index (χ3v) is 8.92. The zero-order valence-electron chi connectivity index (χ0n) is 26.2. The summed E-state index contributed by atoms with van der Waals surface area (Å²) in [5.74, 6) is 0.914. The Kier molecular flexibility index (Phi) is 7.43. The number of amides is 2. The van der Waals surface area contributed by atoms with E-state index in [0.29, 0.717) is 40.6 Å². The first-order valence-corrected chi connectivity index (χ1v) is 15.6. The Labute approximate surface area is 267 Å². The first-order chi connectivity index (χ1) is 22.2. The molecule has 7 rings (SSSR count). The predicted octanol–water partition coefficient (Wildman–Crippen LogP) is 8.05. The van der Waals surface area contributed by atoms with Crippen LogP contribution in [0.5, 0.6) is 0 Å². The number of nitrogens with one attached hydrogen (secondary N) is 2. The quantitative estimate of drug-likeness (QED) is 0.189. The van der Waals surface area contributed by atoms with Crippen molar-refractivity contribution >= 4 is 33.6 Å². The summed E-state index contributed by atoms with van der Waals surface area (Å²) in [4.78, 5) is 37.2. The minimum atomic E-state index is -0.248. The summed E-state index contributed by atoms with van der Waals surface area (Å²) in [6.07, 6.45) is 5.66. The Hall–Kier alpha value is -5.24. The number of nitrogens with zero attached hydrogens (tertiary/aromatic N) is 2. The highest BCUT2D eigenvalue weighted by molar-refractivity contribution is 6.08. The van der Waals surface area contributed by atoms with Crippen LogP contribution in [0.15, 0.2) is 106 Å². The Balaban J connectivity index is 1.12. The molecule has 1 aliphatic carbocycles. The van der Waals surface area contributed by atoms with E-state index in [1.807, 2.05) is 72.8 Å². The lowest BCUT2D eigenvalue weighted by molar-refractivity contribution is 0.0593. The number of para-hydroxylation sites is 2. The molecular weight excluding hydrogens is 576 g/mol. The Morgan fingerprint density at radius 3 is 1.83 bits per heavy atom. The van der Waals surface area contributed by atoms with E-state index in [4.69, 9.17) is 18.8 Å².